The minimum absolute atomic E-state index is 0.0838. The first-order valence-electron chi connectivity index (χ1n) is 10.1. The van der Waals surface area contributed by atoms with Crippen LogP contribution in [0.5, 0.6) is 23.0 Å². The molecule has 1 aliphatic rings. The first-order valence-corrected chi connectivity index (χ1v) is 10.1. The number of nitrogens with zero attached hydrogens (tertiary/aromatic N) is 3. The fourth-order valence-electron chi connectivity index (χ4n) is 3.96. The molecule has 4 rings (SSSR count). The highest BCUT2D eigenvalue weighted by atomic mass is 16.5. The van der Waals surface area contributed by atoms with Gasteiger partial charge in [0.25, 0.3) is 0 Å². The predicted octanol–water partition coefficient (Wildman–Crippen LogP) is 4.01. The summed E-state index contributed by atoms with van der Waals surface area (Å²) >= 11 is 0. The molecular weight excluding hydrogens is 382 g/mol. The summed E-state index contributed by atoms with van der Waals surface area (Å²) in [5.41, 5.74) is 1.22. The number of piperidine rings is 1. The van der Waals surface area contributed by atoms with E-state index in [1.807, 2.05) is 18.2 Å². The Hall–Kier alpha value is -3.22. The van der Waals surface area contributed by atoms with Gasteiger partial charge >= 0.3 is 0 Å². The molecule has 1 atom stereocenters. The Morgan fingerprint density at radius 2 is 1.73 bits per heavy atom. The third kappa shape index (κ3) is 3.79. The number of benzene rings is 2. The first-order chi connectivity index (χ1) is 14.6. The summed E-state index contributed by atoms with van der Waals surface area (Å²) in [7, 11) is 4.83. The van der Waals surface area contributed by atoms with Crippen LogP contribution in [0.3, 0.4) is 0 Å². The molecule has 0 amide bonds. The third-order valence-corrected chi connectivity index (χ3v) is 5.45. The molecule has 7 heteroatoms. The third-order valence-electron chi connectivity index (χ3n) is 5.45. The van der Waals surface area contributed by atoms with E-state index in [9.17, 15) is 0 Å². The number of hydrogen-bond donors (Lipinski definition) is 0. The molecule has 0 radical (unpaired) electrons. The van der Waals surface area contributed by atoms with Crippen molar-refractivity contribution in [2.45, 2.75) is 25.9 Å². The van der Waals surface area contributed by atoms with Crippen molar-refractivity contribution >= 4 is 16.6 Å². The van der Waals surface area contributed by atoms with Crippen LogP contribution in [0.2, 0.25) is 0 Å². The molecule has 2 heterocycles. The molecule has 7 nitrogen and oxygen atoms in total. The highest BCUT2D eigenvalue weighted by Crippen LogP contribution is 2.45. The van der Waals surface area contributed by atoms with Crippen LogP contribution in [0.25, 0.3) is 10.8 Å². The SMILES string of the molecule is COc1cc2c(N3CCCC(Oc4ccc(C)cc4)C3)nncc2c(OC)c1OC. The van der Waals surface area contributed by atoms with Crippen molar-refractivity contribution in [1.82, 2.24) is 10.2 Å². The van der Waals surface area contributed by atoms with E-state index >= 15 is 0 Å². The molecule has 30 heavy (non-hydrogen) atoms. The lowest BCUT2D eigenvalue weighted by Crippen LogP contribution is -2.41. The maximum atomic E-state index is 6.24. The fourth-order valence-corrected chi connectivity index (χ4v) is 3.96. The number of aryl methyl sites for hydroxylation is 1. The van der Waals surface area contributed by atoms with Gasteiger partial charge in [0.1, 0.15) is 11.9 Å². The van der Waals surface area contributed by atoms with E-state index in [1.165, 1.54) is 5.56 Å². The summed E-state index contributed by atoms with van der Waals surface area (Å²) in [6.45, 7) is 3.69. The minimum Gasteiger partial charge on any atom is -0.493 e. The van der Waals surface area contributed by atoms with Crippen molar-refractivity contribution < 1.29 is 18.9 Å². The lowest BCUT2D eigenvalue weighted by Gasteiger charge is -2.34. The number of rotatable bonds is 6. The van der Waals surface area contributed by atoms with Gasteiger partial charge in [-0.25, -0.2) is 0 Å². The predicted molar refractivity (Wildman–Crippen MR) is 116 cm³/mol. The quantitative estimate of drug-likeness (QED) is 0.609. The largest absolute Gasteiger partial charge is 0.493 e. The molecule has 0 N–H and O–H groups in total. The van der Waals surface area contributed by atoms with Gasteiger partial charge in [-0.05, 0) is 38.0 Å². The molecule has 1 fully saturated rings. The number of ether oxygens (including phenoxy) is 4. The fraction of sp³-hybridized carbons (Fsp3) is 0.391. The van der Waals surface area contributed by atoms with Gasteiger partial charge in [-0.2, -0.15) is 5.10 Å². The second-order valence-corrected chi connectivity index (χ2v) is 7.42. The normalized spacial score (nSPS) is 16.4. The van der Waals surface area contributed by atoms with Crippen LogP contribution in [-0.4, -0.2) is 50.7 Å². The maximum absolute atomic E-state index is 6.24. The van der Waals surface area contributed by atoms with Gasteiger partial charge in [0, 0.05) is 11.9 Å². The Morgan fingerprint density at radius 3 is 2.43 bits per heavy atom. The molecule has 0 saturated carbocycles. The van der Waals surface area contributed by atoms with Crippen LogP contribution in [0.4, 0.5) is 5.82 Å². The Labute approximate surface area is 176 Å². The molecular formula is C23H27N3O4. The van der Waals surface area contributed by atoms with E-state index < -0.39 is 0 Å². The van der Waals surface area contributed by atoms with E-state index in [0.29, 0.717) is 17.2 Å². The molecule has 2 aromatic carbocycles. The molecule has 1 aliphatic heterocycles. The van der Waals surface area contributed by atoms with Crippen molar-refractivity contribution in [1.29, 1.82) is 0 Å². The summed E-state index contributed by atoms with van der Waals surface area (Å²) < 4.78 is 22.9. The minimum atomic E-state index is 0.0838. The Balaban J connectivity index is 1.67. The van der Waals surface area contributed by atoms with Gasteiger partial charge in [0.2, 0.25) is 5.75 Å². The summed E-state index contributed by atoms with van der Waals surface area (Å²) in [6.07, 6.45) is 3.80. The number of anilines is 1. The molecule has 158 valence electrons. The van der Waals surface area contributed by atoms with Crippen molar-refractivity contribution in [2.75, 3.05) is 39.3 Å². The van der Waals surface area contributed by atoms with E-state index in [-0.39, 0.29) is 6.10 Å². The lowest BCUT2D eigenvalue weighted by atomic mass is 10.1. The number of fused-ring (bicyclic) bond motifs is 1. The average Bonchev–Trinajstić information content (AvgIpc) is 2.78. The Kier molecular flexibility index (Phi) is 5.79. The van der Waals surface area contributed by atoms with Crippen LogP contribution in [0.1, 0.15) is 18.4 Å². The topological polar surface area (TPSA) is 65.9 Å². The number of hydrogen-bond acceptors (Lipinski definition) is 7. The van der Waals surface area contributed by atoms with Crippen molar-refractivity contribution in [3.05, 3.63) is 42.1 Å². The van der Waals surface area contributed by atoms with Gasteiger partial charge in [0.05, 0.1) is 39.5 Å². The second kappa shape index (κ2) is 8.65. The molecule has 3 aromatic rings. The van der Waals surface area contributed by atoms with Crippen molar-refractivity contribution in [3.8, 4) is 23.0 Å². The molecule has 1 saturated heterocycles. The summed E-state index contributed by atoms with van der Waals surface area (Å²) in [4.78, 5) is 2.23. The van der Waals surface area contributed by atoms with E-state index in [0.717, 1.165) is 48.3 Å². The summed E-state index contributed by atoms with van der Waals surface area (Å²) in [5, 5.41) is 10.4. The van der Waals surface area contributed by atoms with E-state index in [2.05, 4.69) is 34.2 Å². The van der Waals surface area contributed by atoms with Crippen LogP contribution in [-0.2, 0) is 0 Å². The zero-order chi connectivity index (χ0) is 21.1. The molecule has 0 aliphatic carbocycles. The van der Waals surface area contributed by atoms with Gasteiger partial charge in [-0.15, -0.1) is 5.10 Å². The molecule has 0 bridgehead atoms. The Bertz CT molecular complexity index is 1020. The maximum Gasteiger partial charge on any atom is 0.204 e. The van der Waals surface area contributed by atoms with Crippen molar-refractivity contribution in [2.24, 2.45) is 0 Å². The monoisotopic (exact) mass is 409 g/mol. The van der Waals surface area contributed by atoms with Crippen LogP contribution < -0.4 is 23.8 Å². The lowest BCUT2D eigenvalue weighted by molar-refractivity contribution is 0.179. The van der Waals surface area contributed by atoms with E-state index in [4.69, 9.17) is 18.9 Å². The molecule has 1 aromatic heterocycles. The van der Waals surface area contributed by atoms with Gasteiger partial charge in [-0.3, -0.25) is 0 Å². The van der Waals surface area contributed by atoms with Crippen LogP contribution >= 0.6 is 0 Å². The van der Waals surface area contributed by atoms with Gasteiger partial charge in [-0.1, -0.05) is 17.7 Å². The van der Waals surface area contributed by atoms with E-state index in [1.54, 1.807) is 27.5 Å². The Morgan fingerprint density at radius 1 is 0.967 bits per heavy atom. The van der Waals surface area contributed by atoms with Crippen molar-refractivity contribution in [3.63, 3.8) is 0 Å². The number of methoxy groups -OCH3 is 3. The van der Waals surface area contributed by atoms with Crippen LogP contribution in [0, 0.1) is 6.92 Å². The zero-order valence-electron chi connectivity index (χ0n) is 17.8. The highest BCUT2D eigenvalue weighted by Gasteiger charge is 2.26. The van der Waals surface area contributed by atoms with Gasteiger partial charge in [0.15, 0.2) is 17.3 Å². The summed E-state index contributed by atoms with van der Waals surface area (Å²) in [6, 6.07) is 10.1. The average molecular weight is 409 g/mol. The smallest absolute Gasteiger partial charge is 0.204 e. The number of aromatic nitrogens is 2. The molecule has 1 unspecified atom stereocenters. The van der Waals surface area contributed by atoms with Crippen LogP contribution in [0.15, 0.2) is 36.5 Å². The summed E-state index contributed by atoms with van der Waals surface area (Å²) in [5.74, 6) is 3.42. The van der Waals surface area contributed by atoms with Gasteiger partial charge < -0.3 is 23.8 Å². The standard InChI is InChI=1S/C23H27N3O4/c1-15-7-9-16(10-8-15)30-17-6-5-11-26(14-17)23-18-12-20(27-2)22(29-4)21(28-3)19(18)13-24-25-23/h7-10,12-13,17H,5-6,11,14H2,1-4H3. The highest BCUT2D eigenvalue weighted by molar-refractivity contribution is 5.99. The first kappa shape index (κ1) is 20.1. The second-order valence-electron chi connectivity index (χ2n) is 7.42. The molecule has 0 spiro atoms. The zero-order valence-corrected chi connectivity index (χ0v) is 17.8.